The van der Waals surface area contributed by atoms with E-state index in [0.29, 0.717) is 23.4 Å². The summed E-state index contributed by atoms with van der Waals surface area (Å²) in [7, 11) is -2.33. The number of benzene rings is 2. The molecule has 1 heterocycles. The number of methoxy groups -OCH3 is 1. The van der Waals surface area contributed by atoms with Gasteiger partial charge >= 0.3 is 0 Å². The van der Waals surface area contributed by atoms with Crippen LogP contribution in [-0.2, 0) is 10.0 Å². The van der Waals surface area contributed by atoms with Crippen molar-refractivity contribution in [1.82, 2.24) is 9.97 Å². The van der Waals surface area contributed by atoms with Crippen molar-refractivity contribution in [2.24, 2.45) is 0 Å². The van der Waals surface area contributed by atoms with Gasteiger partial charge in [0.2, 0.25) is 5.82 Å². The second-order valence-electron chi connectivity index (χ2n) is 6.56. The zero-order chi connectivity index (χ0) is 20.7. The maximum absolute atomic E-state index is 12.8. The summed E-state index contributed by atoms with van der Waals surface area (Å²) < 4.78 is 39.0. The van der Waals surface area contributed by atoms with Crippen LogP contribution in [0.2, 0.25) is 0 Å². The number of ether oxygens (including phenoxy) is 2. The molecule has 0 bridgehead atoms. The van der Waals surface area contributed by atoms with Gasteiger partial charge in [0.1, 0.15) is 5.75 Å². The summed E-state index contributed by atoms with van der Waals surface area (Å²) in [5.74, 6) is 0.831. The van der Waals surface area contributed by atoms with E-state index in [2.05, 4.69) is 21.6 Å². The van der Waals surface area contributed by atoms with Gasteiger partial charge in [-0.1, -0.05) is 38.3 Å². The monoisotopic (exact) mass is 415 g/mol. The minimum absolute atomic E-state index is 0.0787. The zero-order valence-corrected chi connectivity index (χ0v) is 17.4. The van der Waals surface area contributed by atoms with Gasteiger partial charge in [0.25, 0.3) is 15.9 Å². The molecule has 1 N–H and O–H groups in total. The second kappa shape index (κ2) is 9.56. The van der Waals surface area contributed by atoms with Crippen molar-refractivity contribution >= 4 is 26.9 Å². The van der Waals surface area contributed by atoms with Crippen molar-refractivity contribution in [3.8, 4) is 11.6 Å². The van der Waals surface area contributed by atoms with E-state index in [1.807, 2.05) is 18.2 Å². The minimum atomic E-state index is -3.86. The quantitative estimate of drug-likeness (QED) is 0.494. The molecule has 0 aliphatic rings. The maximum Gasteiger partial charge on any atom is 0.263 e. The molecule has 0 saturated carbocycles. The number of hydrogen-bond acceptors (Lipinski definition) is 6. The van der Waals surface area contributed by atoms with Gasteiger partial charge < -0.3 is 9.47 Å². The summed E-state index contributed by atoms with van der Waals surface area (Å²) in [6.07, 6.45) is 4.17. The molecule has 0 saturated heterocycles. The Balaban J connectivity index is 1.87. The highest BCUT2D eigenvalue weighted by Crippen LogP contribution is 2.27. The summed E-state index contributed by atoms with van der Waals surface area (Å²) in [5.41, 5.74) is 1.22. The van der Waals surface area contributed by atoms with Gasteiger partial charge in [0.15, 0.2) is 0 Å². The molecule has 0 aliphatic carbocycles. The van der Waals surface area contributed by atoms with Crippen LogP contribution in [0, 0.1) is 0 Å². The van der Waals surface area contributed by atoms with Crippen LogP contribution in [0.15, 0.2) is 53.4 Å². The number of anilines is 1. The molecule has 7 nitrogen and oxygen atoms in total. The van der Waals surface area contributed by atoms with Crippen molar-refractivity contribution < 1.29 is 17.9 Å². The Kier molecular flexibility index (Phi) is 6.87. The van der Waals surface area contributed by atoms with E-state index >= 15 is 0 Å². The normalized spacial score (nSPS) is 11.4. The first kappa shape index (κ1) is 20.9. The van der Waals surface area contributed by atoms with Gasteiger partial charge in [0, 0.05) is 0 Å². The van der Waals surface area contributed by atoms with Crippen LogP contribution in [0.3, 0.4) is 0 Å². The molecule has 29 heavy (non-hydrogen) atoms. The smallest absolute Gasteiger partial charge is 0.263 e. The van der Waals surface area contributed by atoms with Crippen molar-refractivity contribution in [2.75, 3.05) is 18.4 Å². The Labute approximate surface area is 171 Å². The summed E-state index contributed by atoms with van der Waals surface area (Å²) in [5, 5.41) is 0. The number of hydrogen-bond donors (Lipinski definition) is 1. The highest BCUT2D eigenvalue weighted by atomic mass is 32.2. The van der Waals surface area contributed by atoms with E-state index in [4.69, 9.17) is 9.47 Å². The van der Waals surface area contributed by atoms with E-state index < -0.39 is 10.0 Å². The van der Waals surface area contributed by atoms with Crippen LogP contribution in [0.25, 0.3) is 11.0 Å². The topological polar surface area (TPSA) is 90.4 Å². The average Bonchev–Trinajstić information content (AvgIpc) is 2.73. The molecule has 0 fully saturated rings. The van der Waals surface area contributed by atoms with Crippen molar-refractivity contribution in [2.45, 2.75) is 37.5 Å². The lowest BCUT2D eigenvalue weighted by atomic mass is 10.2. The van der Waals surface area contributed by atoms with Crippen LogP contribution in [-0.4, -0.2) is 32.1 Å². The van der Waals surface area contributed by atoms with Crippen molar-refractivity contribution in [1.29, 1.82) is 0 Å². The lowest BCUT2D eigenvalue weighted by Crippen LogP contribution is -2.16. The number of nitrogens with one attached hydrogen (secondary N) is 1. The number of fused-ring (bicyclic) bond motifs is 1. The number of para-hydroxylation sites is 2. The molecular weight excluding hydrogens is 390 g/mol. The fraction of sp³-hybridized carbons (Fsp3) is 0.333. The summed E-state index contributed by atoms with van der Waals surface area (Å²) >= 11 is 0. The first-order chi connectivity index (χ1) is 14.0. The van der Waals surface area contributed by atoms with Crippen molar-refractivity contribution in [3.63, 3.8) is 0 Å². The fourth-order valence-corrected chi connectivity index (χ4v) is 3.79. The Morgan fingerprint density at radius 3 is 2.28 bits per heavy atom. The predicted molar refractivity (Wildman–Crippen MR) is 113 cm³/mol. The Bertz CT molecular complexity index is 1050. The Morgan fingerprint density at radius 2 is 1.62 bits per heavy atom. The number of unbranched alkanes of at least 4 members (excludes halogenated alkanes) is 3. The minimum Gasteiger partial charge on any atom is -0.497 e. The predicted octanol–water partition coefficient (Wildman–Crippen LogP) is 4.40. The van der Waals surface area contributed by atoms with Gasteiger partial charge in [-0.15, -0.1) is 0 Å². The molecule has 3 rings (SSSR count). The first-order valence-electron chi connectivity index (χ1n) is 9.60. The maximum atomic E-state index is 12.8. The van der Waals surface area contributed by atoms with Gasteiger partial charge in [-0.05, 0) is 42.8 Å². The summed E-state index contributed by atoms with van der Waals surface area (Å²) in [4.78, 5) is 9.00. The lowest BCUT2D eigenvalue weighted by molar-refractivity contribution is 0.295. The molecule has 3 aromatic rings. The zero-order valence-electron chi connectivity index (χ0n) is 16.6. The molecule has 1 aromatic heterocycles. The molecule has 2 aromatic carbocycles. The average molecular weight is 416 g/mol. The summed E-state index contributed by atoms with van der Waals surface area (Å²) in [6.45, 7) is 2.59. The van der Waals surface area contributed by atoms with Crippen molar-refractivity contribution in [3.05, 3.63) is 48.5 Å². The van der Waals surface area contributed by atoms with Crippen LogP contribution >= 0.6 is 0 Å². The van der Waals surface area contributed by atoms with Gasteiger partial charge in [0.05, 0.1) is 29.6 Å². The van der Waals surface area contributed by atoms with Gasteiger partial charge in [-0.3, -0.25) is 4.72 Å². The van der Waals surface area contributed by atoms with Crippen LogP contribution in [0.5, 0.6) is 11.6 Å². The number of rotatable bonds is 10. The van der Waals surface area contributed by atoms with Crippen LogP contribution in [0.1, 0.15) is 32.6 Å². The molecule has 0 atom stereocenters. The highest BCUT2D eigenvalue weighted by molar-refractivity contribution is 7.92. The Morgan fingerprint density at radius 1 is 0.931 bits per heavy atom. The summed E-state index contributed by atoms with van der Waals surface area (Å²) in [6, 6.07) is 13.4. The van der Waals surface area contributed by atoms with E-state index in [-0.39, 0.29) is 16.6 Å². The third-order valence-electron chi connectivity index (χ3n) is 4.38. The molecule has 0 radical (unpaired) electrons. The molecular formula is C21H25N3O4S. The van der Waals surface area contributed by atoms with Gasteiger partial charge in [-0.25, -0.2) is 18.4 Å². The van der Waals surface area contributed by atoms with E-state index in [1.54, 1.807) is 18.2 Å². The van der Waals surface area contributed by atoms with E-state index in [0.717, 1.165) is 25.7 Å². The fourth-order valence-electron chi connectivity index (χ4n) is 2.79. The van der Waals surface area contributed by atoms with E-state index in [9.17, 15) is 8.42 Å². The molecule has 8 heteroatoms. The van der Waals surface area contributed by atoms with Crippen LogP contribution in [0.4, 0.5) is 5.82 Å². The third kappa shape index (κ3) is 5.35. The molecule has 0 unspecified atom stereocenters. The third-order valence-corrected chi connectivity index (χ3v) is 5.73. The number of aromatic nitrogens is 2. The largest absolute Gasteiger partial charge is 0.497 e. The molecule has 0 aliphatic heterocycles. The Hall–Kier alpha value is -2.87. The number of sulfonamides is 1. The van der Waals surface area contributed by atoms with Crippen LogP contribution < -0.4 is 14.2 Å². The molecule has 0 spiro atoms. The molecule has 0 amide bonds. The first-order valence-corrected chi connectivity index (χ1v) is 11.1. The standard InChI is InChI=1S/C21H25N3O4S/c1-3-4-5-8-15-28-21-20(22-18-9-6-7-10-19(18)23-21)24-29(25,26)17-13-11-16(27-2)12-14-17/h6-7,9-14H,3-5,8,15H2,1-2H3,(H,22,24). The van der Waals surface area contributed by atoms with E-state index in [1.165, 1.54) is 19.2 Å². The van der Waals surface area contributed by atoms with Gasteiger partial charge in [-0.2, -0.15) is 0 Å². The lowest BCUT2D eigenvalue weighted by Gasteiger charge is -2.13. The second-order valence-corrected chi connectivity index (χ2v) is 8.24. The molecule has 154 valence electrons. The SMILES string of the molecule is CCCCCCOc1nc2ccccc2nc1NS(=O)(=O)c1ccc(OC)cc1. The number of nitrogens with zero attached hydrogens (tertiary/aromatic N) is 2. The highest BCUT2D eigenvalue weighted by Gasteiger charge is 2.19.